The van der Waals surface area contributed by atoms with Crippen molar-refractivity contribution in [2.45, 2.75) is 17.9 Å². The van der Waals surface area contributed by atoms with E-state index >= 15 is 0 Å². The van der Waals surface area contributed by atoms with Crippen LogP contribution in [-0.4, -0.2) is 39.9 Å². The zero-order valence-electron chi connectivity index (χ0n) is 15.7. The molecule has 7 heteroatoms. The zero-order chi connectivity index (χ0) is 20.0. The number of sulfonamides is 1. The molecule has 0 aliphatic heterocycles. The summed E-state index contributed by atoms with van der Waals surface area (Å²) in [6, 6.07) is 13.2. The van der Waals surface area contributed by atoms with Crippen molar-refractivity contribution in [1.82, 2.24) is 9.62 Å². The van der Waals surface area contributed by atoms with E-state index in [-0.39, 0.29) is 23.4 Å². The van der Waals surface area contributed by atoms with Crippen LogP contribution in [0.1, 0.15) is 28.9 Å². The van der Waals surface area contributed by atoms with Crippen LogP contribution in [0.5, 0.6) is 5.75 Å². The first-order valence-corrected chi connectivity index (χ1v) is 9.91. The van der Waals surface area contributed by atoms with Crippen LogP contribution >= 0.6 is 0 Å². The van der Waals surface area contributed by atoms with Crippen LogP contribution in [-0.2, 0) is 10.0 Å². The largest absolute Gasteiger partial charge is 0.496 e. The molecule has 2 rings (SSSR count). The van der Waals surface area contributed by atoms with Gasteiger partial charge in [0.05, 0.1) is 18.0 Å². The van der Waals surface area contributed by atoms with Crippen molar-refractivity contribution in [2.24, 2.45) is 0 Å². The van der Waals surface area contributed by atoms with Gasteiger partial charge in [-0.05, 0) is 31.2 Å². The van der Waals surface area contributed by atoms with E-state index in [0.717, 1.165) is 5.56 Å². The Hall–Kier alpha value is -2.64. The number of amides is 1. The zero-order valence-corrected chi connectivity index (χ0v) is 16.5. The standard InChI is InChI=1S/C20H24N2O4S/c1-5-13-21-27(24,25)17-10-8-9-16(14-17)20(23)22(3)15(2)18-11-6-7-12-19(18)26-4/h5-12,14-15,21H,1,13H2,2-4H3. The van der Waals surface area contributed by atoms with Gasteiger partial charge < -0.3 is 9.64 Å². The van der Waals surface area contributed by atoms with Crippen LogP contribution in [0.4, 0.5) is 0 Å². The molecule has 2 aromatic rings. The van der Waals surface area contributed by atoms with Gasteiger partial charge in [-0.3, -0.25) is 4.79 Å². The number of ether oxygens (including phenoxy) is 1. The lowest BCUT2D eigenvalue weighted by molar-refractivity contribution is 0.0741. The lowest BCUT2D eigenvalue weighted by atomic mass is 10.0. The van der Waals surface area contributed by atoms with Crippen molar-refractivity contribution in [3.05, 3.63) is 72.3 Å². The highest BCUT2D eigenvalue weighted by Gasteiger charge is 2.23. The maximum absolute atomic E-state index is 12.9. The second-order valence-corrected chi connectivity index (χ2v) is 7.77. The molecule has 0 radical (unpaired) electrons. The number of carbonyl (C=O) groups excluding carboxylic acids is 1. The molecule has 2 aromatic carbocycles. The van der Waals surface area contributed by atoms with Crippen molar-refractivity contribution >= 4 is 15.9 Å². The van der Waals surface area contributed by atoms with Gasteiger partial charge in [0, 0.05) is 24.7 Å². The van der Waals surface area contributed by atoms with E-state index in [9.17, 15) is 13.2 Å². The first-order valence-electron chi connectivity index (χ1n) is 8.42. The van der Waals surface area contributed by atoms with E-state index in [2.05, 4.69) is 11.3 Å². The van der Waals surface area contributed by atoms with E-state index in [1.54, 1.807) is 31.2 Å². The number of nitrogens with one attached hydrogen (secondary N) is 1. The summed E-state index contributed by atoms with van der Waals surface area (Å²) < 4.78 is 32.3. The van der Waals surface area contributed by atoms with Crippen molar-refractivity contribution < 1.29 is 17.9 Å². The first kappa shape index (κ1) is 20.7. The molecule has 0 spiro atoms. The third-order valence-corrected chi connectivity index (χ3v) is 5.72. The normalized spacial score (nSPS) is 12.3. The Bertz CT molecular complexity index is 925. The monoisotopic (exact) mass is 388 g/mol. The van der Waals surface area contributed by atoms with Gasteiger partial charge in [-0.15, -0.1) is 6.58 Å². The van der Waals surface area contributed by atoms with E-state index < -0.39 is 10.0 Å². The summed E-state index contributed by atoms with van der Waals surface area (Å²) in [5.74, 6) is 0.406. The summed E-state index contributed by atoms with van der Waals surface area (Å²) in [6.07, 6.45) is 1.45. The minimum atomic E-state index is -3.70. The number of methoxy groups -OCH3 is 1. The Morgan fingerprint density at radius 3 is 2.63 bits per heavy atom. The molecule has 0 saturated heterocycles. The van der Waals surface area contributed by atoms with Crippen LogP contribution in [0, 0.1) is 0 Å². The molecule has 0 saturated carbocycles. The Balaban J connectivity index is 2.29. The molecule has 0 heterocycles. The maximum atomic E-state index is 12.9. The summed E-state index contributed by atoms with van der Waals surface area (Å²) in [5.41, 5.74) is 1.16. The van der Waals surface area contributed by atoms with Crippen molar-refractivity contribution in [3.8, 4) is 5.75 Å². The number of carbonyl (C=O) groups is 1. The number of nitrogens with zero attached hydrogens (tertiary/aromatic N) is 1. The summed E-state index contributed by atoms with van der Waals surface area (Å²) >= 11 is 0. The van der Waals surface area contributed by atoms with E-state index in [1.165, 1.54) is 18.2 Å². The molecule has 0 aliphatic rings. The second-order valence-electron chi connectivity index (χ2n) is 6.00. The Kier molecular flexibility index (Phi) is 6.76. The summed E-state index contributed by atoms with van der Waals surface area (Å²) in [4.78, 5) is 14.5. The average Bonchev–Trinajstić information content (AvgIpc) is 2.70. The van der Waals surface area contributed by atoms with Crippen LogP contribution < -0.4 is 9.46 Å². The van der Waals surface area contributed by atoms with Gasteiger partial charge in [0.15, 0.2) is 0 Å². The van der Waals surface area contributed by atoms with Gasteiger partial charge in [0.2, 0.25) is 10.0 Å². The van der Waals surface area contributed by atoms with Gasteiger partial charge >= 0.3 is 0 Å². The Morgan fingerprint density at radius 1 is 1.26 bits per heavy atom. The fraction of sp³-hybridized carbons (Fsp3) is 0.250. The number of para-hydroxylation sites is 1. The SMILES string of the molecule is C=CCNS(=O)(=O)c1cccc(C(=O)N(C)C(C)c2ccccc2OC)c1. The highest BCUT2D eigenvalue weighted by molar-refractivity contribution is 7.89. The average molecular weight is 388 g/mol. The fourth-order valence-electron chi connectivity index (χ4n) is 2.65. The van der Waals surface area contributed by atoms with Crippen LogP contribution in [0.25, 0.3) is 0 Å². The Morgan fingerprint density at radius 2 is 1.96 bits per heavy atom. The molecule has 0 fully saturated rings. The lowest BCUT2D eigenvalue weighted by Crippen LogP contribution is -2.30. The summed E-state index contributed by atoms with van der Waals surface area (Å²) in [5, 5.41) is 0. The van der Waals surface area contributed by atoms with Gasteiger partial charge in [-0.1, -0.05) is 30.3 Å². The van der Waals surface area contributed by atoms with Crippen LogP contribution in [0.15, 0.2) is 66.1 Å². The molecule has 0 bridgehead atoms. The lowest BCUT2D eigenvalue weighted by Gasteiger charge is -2.26. The van der Waals surface area contributed by atoms with E-state index in [4.69, 9.17) is 4.74 Å². The molecule has 0 aromatic heterocycles. The highest BCUT2D eigenvalue weighted by Crippen LogP contribution is 2.29. The molecule has 6 nitrogen and oxygen atoms in total. The number of rotatable bonds is 8. The molecular formula is C20H24N2O4S. The molecule has 0 aliphatic carbocycles. The topological polar surface area (TPSA) is 75.7 Å². The molecule has 27 heavy (non-hydrogen) atoms. The van der Waals surface area contributed by atoms with Gasteiger partial charge in [-0.25, -0.2) is 13.1 Å². The van der Waals surface area contributed by atoms with Crippen LogP contribution in [0.2, 0.25) is 0 Å². The van der Waals surface area contributed by atoms with Gasteiger partial charge in [0.25, 0.3) is 5.91 Å². The molecule has 144 valence electrons. The van der Waals surface area contributed by atoms with Crippen molar-refractivity contribution in [1.29, 1.82) is 0 Å². The second kappa shape index (κ2) is 8.83. The molecule has 1 atom stereocenters. The number of hydrogen-bond donors (Lipinski definition) is 1. The third kappa shape index (κ3) is 4.75. The van der Waals surface area contributed by atoms with Crippen LogP contribution in [0.3, 0.4) is 0 Å². The number of hydrogen-bond acceptors (Lipinski definition) is 4. The first-order chi connectivity index (χ1) is 12.8. The summed E-state index contributed by atoms with van der Waals surface area (Å²) in [6.45, 7) is 5.50. The smallest absolute Gasteiger partial charge is 0.254 e. The fourth-order valence-corrected chi connectivity index (χ4v) is 3.69. The predicted molar refractivity (Wildman–Crippen MR) is 105 cm³/mol. The Labute approximate surface area is 160 Å². The summed E-state index contributed by atoms with van der Waals surface area (Å²) in [7, 11) is -0.441. The molecule has 1 N–H and O–H groups in total. The number of benzene rings is 2. The van der Waals surface area contributed by atoms with Gasteiger partial charge in [-0.2, -0.15) is 0 Å². The molecule has 1 amide bonds. The molecular weight excluding hydrogens is 364 g/mol. The quantitative estimate of drug-likeness (QED) is 0.706. The van der Waals surface area contributed by atoms with Gasteiger partial charge in [0.1, 0.15) is 5.75 Å². The minimum Gasteiger partial charge on any atom is -0.496 e. The molecule has 1 unspecified atom stereocenters. The van der Waals surface area contributed by atoms with E-state index in [1.807, 2.05) is 31.2 Å². The minimum absolute atomic E-state index is 0.0357. The maximum Gasteiger partial charge on any atom is 0.254 e. The van der Waals surface area contributed by atoms with E-state index in [0.29, 0.717) is 11.3 Å². The van der Waals surface area contributed by atoms with Crippen molar-refractivity contribution in [2.75, 3.05) is 20.7 Å². The predicted octanol–water partition coefficient (Wildman–Crippen LogP) is 2.99. The third-order valence-electron chi connectivity index (χ3n) is 4.30. The van der Waals surface area contributed by atoms with Crippen molar-refractivity contribution in [3.63, 3.8) is 0 Å². The highest BCUT2D eigenvalue weighted by atomic mass is 32.2.